The Morgan fingerprint density at radius 1 is 1.24 bits per heavy atom. The normalized spacial score (nSPS) is 23.2. The van der Waals surface area contributed by atoms with Crippen molar-refractivity contribution in [1.82, 2.24) is 14.8 Å². The molecule has 0 spiro atoms. The summed E-state index contributed by atoms with van der Waals surface area (Å²) < 4.78 is 1.10. The van der Waals surface area contributed by atoms with Crippen molar-refractivity contribution in [2.75, 3.05) is 26.2 Å². The van der Waals surface area contributed by atoms with Gasteiger partial charge in [-0.1, -0.05) is 0 Å². The third-order valence-corrected chi connectivity index (χ3v) is 5.46. The maximum atomic E-state index is 12.8. The molecule has 5 heteroatoms. The van der Waals surface area contributed by atoms with Crippen LogP contribution in [0.1, 0.15) is 29.6 Å². The Balaban J connectivity index is 1.57. The Morgan fingerprint density at radius 2 is 2.14 bits per heavy atom. The largest absolute Gasteiger partial charge is 0.337 e. The number of fused-ring (bicyclic) bond motifs is 2. The Hall–Kier alpha value is -1.46. The molecule has 3 heterocycles. The number of thiazole rings is 1. The molecule has 110 valence electrons. The Labute approximate surface area is 128 Å². The first-order chi connectivity index (χ1) is 10.3. The molecular weight excluding hydrogens is 282 g/mol. The van der Waals surface area contributed by atoms with Crippen molar-refractivity contribution in [2.45, 2.75) is 25.3 Å². The van der Waals surface area contributed by atoms with Crippen molar-refractivity contribution in [3.8, 4) is 0 Å². The predicted molar refractivity (Wildman–Crippen MR) is 84.7 cm³/mol. The fourth-order valence-electron chi connectivity index (χ4n) is 3.56. The summed E-state index contributed by atoms with van der Waals surface area (Å²) in [6, 6.07) is 6.44. The van der Waals surface area contributed by atoms with Gasteiger partial charge in [0.15, 0.2) is 0 Å². The summed E-state index contributed by atoms with van der Waals surface area (Å²) in [7, 11) is 0. The maximum absolute atomic E-state index is 12.8. The topological polar surface area (TPSA) is 36.4 Å². The monoisotopic (exact) mass is 301 g/mol. The summed E-state index contributed by atoms with van der Waals surface area (Å²) in [6.45, 7) is 4.12. The third kappa shape index (κ3) is 2.45. The van der Waals surface area contributed by atoms with E-state index in [4.69, 9.17) is 0 Å². The van der Waals surface area contributed by atoms with Gasteiger partial charge in [0.2, 0.25) is 0 Å². The Kier molecular flexibility index (Phi) is 3.39. The van der Waals surface area contributed by atoms with Gasteiger partial charge < -0.3 is 4.90 Å². The molecule has 0 bridgehead atoms. The van der Waals surface area contributed by atoms with Crippen molar-refractivity contribution in [2.24, 2.45) is 0 Å². The van der Waals surface area contributed by atoms with Crippen LogP contribution >= 0.6 is 11.3 Å². The van der Waals surface area contributed by atoms with Gasteiger partial charge in [-0.3, -0.25) is 9.69 Å². The lowest BCUT2D eigenvalue weighted by Gasteiger charge is -2.25. The molecule has 0 N–H and O–H groups in total. The van der Waals surface area contributed by atoms with Crippen molar-refractivity contribution in [1.29, 1.82) is 0 Å². The zero-order chi connectivity index (χ0) is 14.2. The van der Waals surface area contributed by atoms with Crippen LogP contribution in [0.5, 0.6) is 0 Å². The molecule has 2 aliphatic heterocycles. The molecule has 1 aromatic heterocycles. The molecule has 2 aromatic rings. The van der Waals surface area contributed by atoms with Crippen molar-refractivity contribution in [3.63, 3.8) is 0 Å². The second-order valence-electron chi connectivity index (χ2n) is 5.97. The summed E-state index contributed by atoms with van der Waals surface area (Å²) >= 11 is 1.60. The van der Waals surface area contributed by atoms with Crippen molar-refractivity contribution in [3.05, 3.63) is 29.3 Å². The summed E-state index contributed by atoms with van der Waals surface area (Å²) in [5.74, 6) is 0.180. The zero-order valence-corrected chi connectivity index (χ0v) is 12.8. The number of benzene rings is 1. The SMILES string of the molecule is O=C(c1ccc2ncsc2c1)N1CCCN2CCC[C@H]2C1. The van der Waals surface area contributed by atoms with E-state index in [-0.39, 0.29) is 5.91 Å². The van der Waals surface area contributed by atoms with Gasteiger partial charge in [-0.2, -0.15) is 0 Å². The fourth-order valence-corrected chi connectivity index (χ4v) is 4.28. The highest BCUT2D eigenvalue weighted by Gasteiger charge is 2.30. The summed E-state index contributed by atoms with van der Waals surface area (Å²) in [5, 5.41) is 0. The standard InChI is InChI=1S/C16H19N3OS/c20-16(12-4-5-14-15(9-12)21-11-17-14)19-8-2-7-18-6-1-3-13(18)10-19/h4-5,9,11,13H,1-3,6-8,10H2/t13-/m0/s1. The van der Waals surface area contributed by atoms with Gasteiger partial charge in [0.05, 0.1) is 15.7 Å². The molecular formula is C16H19N3OS. The smallest absolute Gasteiger partial charge is 0.253 e. The van der Waals surface area contributed by atoms with Crippen LogP contribution in [0.2, 0.25) is 0 Å². The molecule has 1 amide bonds. The molecule has 0 saturated carbocycles. The van der Waals surface area contributed by atoms with Crippen LogP contribution in [-0.2, 0) is 0 Å². The van der Waals surface area contributed by atoms with Gasteiger partial charge >= 0.3 is 0 Å². The van der Waals surface area contributed by atoms with Gasteiger partial charge in [-0.05, 0) is 44.0 Å². The molecule has 2 saturated heterocycles. The van der Waals surface area contributed by atoms with E-state index in [2.05, 4.69) is 14.8 Å². The number of nitrogens with zero attached hydrogens (tertiary/aromatic N) is 3. The second-order valence-corrected chi connectivity index (χ2v) is 6.86. The number of hydrogen-bond acceptors (Lipinski definition) is 4. The summed E-state index contributed by atoms with van der Waals surface area (Å²) in [5.41, 5.74) is 3.62. The molecule has 1 aromatic carbocycles. The molecule has 2 fully saturated rings. The van der Waals surface area contributed by atoms with Crippen LogP contribution < -0.4 is 0 Å². The molecule has 1 atom stereocenters. The number of amides is 1. The van der Waals surface area contributed by atoms with Crippen LogP contribution in [0, 0.1) is 0 Å². The van der Waals surface area contributed by atoms with Gasteiger partial charge in [0, 0.05) is 31.2 Å². The average Bonchev–Trinajstić information content (AvgIpc) is 3.10. The summed E-state index contributed by atoms with van der Waals surface area (Å²) in [4.78, 5) is 21.7. The van der Waals surface area contributed by atoms with Crippen LogP contribution in [0.3, 0.4) is 0 Å². The van der Waals surface area contributed by atoms with E-state index in [1.807, 2.05) is 23.7 Å². The van der Waals surface area contributed by atoms with Crippen LogP contribution in [0.25, 0.3) is 10.2 Å². The van der Waals surface area contributed by atoms with Gasteiger partial charge in [-0.15, -0.1) is 11.3 Å². The molecule has 2 aliphatic rings. The van der Waals surface area contributed by atoms with E-state index < -0.39 is 0 Å². The average molecular weight is 301 g/mol. The minimum absolute atomic E-state index is 0.180. The Bertz CT molecular complexity index is 668. The van der Waals surface area contributed by atoms with Crippen LogP contribution in [-0.4, -0.2) is 52.9 Å². The fraction of sp³-hybridized carbons (Fsp3) is 0.500. The maximum Gasteiger partial charge on any atom is 0.253 e. The molecule has 4 nitrogen and oxygen atoms in total. The van der Waals surface area contributed by atoms with E-state index >= 15 is 0 Å². The Morgan fingerprint density at radius 3 is 3.10 bits per heavy atom. The lowest BCUT2D eigenvalue weighted by atomic mass is 10.1. The molecule has 0 aliphatic carbocycles. The predicted octanol–water partition coefficient (Wildman–Crippen LogP) is 2.61. The number of hydrogen-bond donors (Lipinski definition) is 0. The minimum Gasteiger partial charge on any atom is -0.337 e. The first kappa shape index (κ1) is 13.2. The number of carbonyl (C=O) groups excluding carboxylic acids is 1. The lowest BCUT2D eigenvalue weighted by molar-refractivity contribution is 0.0743. The first-order valence-corrected chi connectivity index (χ1v) is 8.56. The highest BCUT2D eigenvalue weighted by Crippen LogP contribution is 2.24. The highest BCUT2D eigenvalue weighted by molar-refractivity contribution is 7.16. The minimum atomic E-state index is 0.180. The number of aromatic nitrogens is 1. The van der Waals surface area contributed by atoms with Crippen LogP contribution in [0.4, 0.5) is 0 Å². The molecule has 21 heavy (non-hydrogen) atoms. The van der Waals surface area contributed by atoms with E-state index in [0.717, 1.165) is 41.8 Å². The van der Waals surface area contributed by atoms with Gasteiger partial charge in [0.25, 0.3) is 5.91 Å². The zero-order valence-electron chi connectivity index (χ0n) is 12.0. The van der Waals surface area contributed by atoms with Crippen molar-refractivity contribution >= 4 is 27.5 Å². The third-order valence-electron chi connectivity index (χ3n) is 4.67. The second kappa shape index (κ2) is 5.39. The van der Waals surface area contributed by atoms with Gasteiger partial charge in [-0.25, -0.2) is 4.98 Å². The number of rotatable bonds is 1. The molecule has 0 unspecified atom stereocenters. The highest BCUT2D eigenvalue weighted by atomic mass is 32.1. The molecule has 4 rings (SSSR count). The first-order valence-electron chi connectivity index (χ1n) is 7.68. The van der Waals surface area contributed by atoms with E-state index in [1.165, 1.54) is 19.4 Å². The molecule has 0 radical (unpaired) electrons. The van der Waals surface area contributed by atoms with Crippen molar-refractivity contribution < 1.29 is 4.79 Å². The van der Waals surface area contributed by atoms with E-state index in [0.29, 0.717) is 6.04 Å². The summed E-state index contributed by atoms with van der Waals surface area (Å²) in [6.07, 6.45) is 3.60. The van der Waals surface area contributed by atoms with Gasteiger partial charge in [0.1, 0.15) is 0 Å². The van der Waals surface area contributed by atoms with Crippen LogP contribution in [0.15, 0.2) is 23.7 Å². The number of carbonyl (C=O) groups is 1. The lowest BCUT2D eigenvalue weighted by Crippen LogP contribution is -2.39. The van der Waals surface area contributed by atoms with E-state index in [9.17, 15) is 4.79 Å². The van der Waals surface area contributed by atoms with E-state index in [1.54, 1.807) is 11.3 Å². The quantitative estimate of drug-likeness (QED) is 0.812.